The average Bonchev–Trinajstić information content (AvgIpc) is 2.54. The molecule has 0 fully saturated rings. The van der Waals surface area contributed by atoms with Gasteiger partial charge in [0.2, 0.25) is 0 Å². The van der Waals surface area contributed by atoms with Gasteiger partial charge in [0, 0.05) is 29.3 Å². The quantitative estimate of drug-likeness (QED) is 0.636. The van der Waals surface area contributed by atoms with E-state index in [0.717, 1.165) is 11.0 Å². The summed E-state index contributed by atoms with van der Waals surface area (Å²) >= 11 is 1.60. The molecule has 0 aliphatic carbocycles. The van der Waals surface area contributed by atoms with Gasteiger partial charge in [0.15, 0.2) is 0 Å². The van der Waals surface area contributed by atoms with Crippen molar-refractivity contribution in [2.24, 2.45) is 0 Å². The van der Waals surface area contributed by atoms with Crippen molar-refractivity contribution in [2.75, 3.05) is 16.6 Å². The summed E-state index contributed by atoms with van der Waals surface area (Å²) in [5.41, 5.74) is 0.381. The molecule has 0 spiro atoms. The molecule has 2 aromatic carbocycles. The zero-order chi connectivity index (χ0) is 15.7. The predicted molar refractivity (Wildman–Crippen MR) is 84.8 cm³/mol. The molecule has 0 aromatic heterocycles. The summed E-state index contributed by atoms with van der Waals surface area (Å²) in [5, 5.41) is 10.8. The van der Waals surface area contributed by atoms with Gasteiger partial charge in [-0.25, -0.2) is 8.42 Å². The molecule has 3 rings (SSSR count). The van der Waals surface area contributed by atoms with E-state index in [1.54, 1.807) is 23.9 Å². The molecule has 1 aliphatic rings. The summed E-state index contributed by atoms with van der Waals surface area (Å²) in [7, 11) is -3.82. The molecule has 0 saturated heterocycles. The molecule has 0 unspecified atom stereocenters. The number of benzene rings is 2. The first-order valence-electron chi connectivity index (χ1n) is 6.49. The van der Waals surface area contributed by atoms with Crippen molar-refractivity contribution in [3.05, 3.63) is 58.6 Å². The maximum absolute atomic E-state index is 12.8. The van der Waals surface area contributed by atoms with E-state index in [2.05, 4.69) is 0 Å². The van der Waals surface area contributed by atoms with Crippen LogP contribution < -0.4 is 4.31 Å². The highest BCUT2D eigenvalue weighted by Crippen LogP contribution is 2.37. The molecular weight excluding hydrogens is 324 g/mol. The van der Waals surface area contributed by atoms with Crippen LogP contribution in [0, 0.1) is 10.1 Å². The van der Waals surface area contributed by atoms with Crippen molar-refractivity contribution in [3.63, 3.8) is 0 Å². The lowest BCUT2D eigenvalue weighted by Crippen LogP contribution is -2.35. The summed E-state index contributed by atoms with van der Waals surface area (Å²) in [6.45, 7) is 0.340. The fourth-order valence-corrected chi connectivity index (χ4v) is 4.97. The normalized spacial score (nSPS) is 14.5. The SMILES string of the molecule is O=[N+]([O-])c1cccc(S(=O)(=O)N2CCSc3ccccc32)c1. The molecule has 0 bridgehead atoms. The van der Waals surface area contributed by atoms with Gasteiger partial charge in [-0.2, -0.15) is 0 Å². The van der Waals surface area contributed by atoms with E-state index in [1.165, 1.54) is 22.5 Å². The van der Waals surface area contributed by atoms with Crippen molar-refractivity contribution < 1.29 is 13.3 Å². The lowest BCUT2D eigenvalue weighted by Gasteiger charge is -2.29. The van der Waals surface area contributed by atoms with Crippen LogP contribution in [0.2, 0.25) is 0 Å². The number of rotatable bonds is 3. The summed E-state index contributed by atoms with van der Waals surface area (Å²) in [4.78, 5) is 11.1. The fourth-order valence-electron chi connectivity index (χ4n) is 2.28. The molecule has 0 amide bonds. The molecule has 0 atom stereocenters. The molecule has 6 nitrogen and oxygen atoms in total. The van der Waals surface area contributed by atoms with Crippen LogP contribution in [0.1, 0.15) is 0 Å². The molecule has 0 radical (unpaired) electrons. The van der Waals surface area contributed by atoms with Gasteiger partial charge in [0.05, 0.1) is 15.5 Å². The topological polar surface area (TPSA) is 80.5 Å². The standard InChI is InChI=1S/C14H12N2O4S2/c17-16(18)11-4-3-5-12(10-11)22(19,20)15-8-9-21-14-7-2-1-6-13(14)15/h1-7,10H,8-9H2. The van der Waals surface area contributed by atoms with Gasteiger partial charge in [-0.05, 0) is 18.2 Å². The van der Waals surface area contributed by atoms with Gasteiger partial charge in [-0.1, -0.05) is 18.2 Å². The van der Waals surface area contributed by atoms with Gasteiger partial charge in [-0.3, -0.25) is 14.4 Å². The highest BCUT2D eigenvalue weighted by Gasteiger charge is 2.30. The second kappa shape index (κ2) is 5.62. The van der Waals surface area contributed by atoms with Crippen molar-refractivity contribution in [1.29, 1.82) is 0 Å². The fraction of sp³-hybridized carbons (Fsp3) is 0.143. The molecule has 0 N–H and O–H groups in total. The van der Waals surface area contributed by atoms with Crippen molar-refractivity contribution in [3.8, 4) is 0 Å². The minimum absolute atomic E-state index is 0.0663. The Morgan fingerprint density at radius 2 is 1.91 bits per heavy atom. The number of sulfonamides is 1. The number of nitro benzene ring substituents is 1. The Balaban J connectivity index is 2.08. The summed E-state index contributed by atoms with van der Waals surface area (Å²) in [6.07, 6.45) is 0. The number of hydrogen-bond acceptors (Lipinski definition) is 5. The molecule has 1 heterocycles. The van der Waals surface area contributed by atoms with E-state index >= 15 is 0 Å². The second-order valence-electron chi connectivity index (χ2n) is 4.65. The van der Waals surface area contributed by atoms with Crippen LogP contribution in [0.3, 0.4) is 0 Å². The molecule has 2 aromatic rings. The molecule has 22 heavy (non-hydrogen) atoms. The first-order valence-corrected chi connectivity index (χ1v) is 8.92. The summed E-state index contributed by atoms with van der Waals surface area (Å²) in [5.74, 6) is 0.644. The van der Waals surface area contributed by atoms with E-state index in [-0.39, 0.29) is 10.6 Å². The second-order valence-corrected chi connectivity index (χ2v) is 7.65. The van der Waals surface area contributed by atoms with Gasteiger partial charge in [0.1, 0.15) is 0 Å². The minimum Gasteiger partial charge on any atom is -0.264 e. The number of thioether (sulfide) groups is 1. The third kappa shape index (κ3) is 2.55. The van der Waals surface area contributed by atoms with Crippen molar-refractivity contribution in [1.82, 2.24) is 0 Å². The van der Waals surface area contributed by atoms with Gasteiger partial charge in [-0.15, -0.1) is 11.8 Å². The zero-order valence-electron chi connectivity index (χ0n) is 11.4. The molecular formula is C14H12N2O4S2. The largest absolute Gasteiger partial charge is 0.270 e. The highest BCUT2D eigenvalue weighted by molar-refractivity contribution is 8.00. The van der Waals surface area contributed by atoms with Crippen LogP contribution in [0.5, 0.6) is 0 Å². The molecule has 8 heteroatoms. The van der Waals surface area contributed by atoms with E-state index in [0.29, 0.717) is 18.0 Å². The monoisotopic (exact) mass is 336 g/mol. The lowest BCUT2D eigenvalue weighted by atomic mass is 10.3. The number of anilines is 1. The number of nitro groups is 1. The lowest BCUT2D eigenvalue weighted by molar-refractivity contribution is -0.385. The molecule has 0 saturated carbocycles. The van der Waals surface area contributed by atoms with Crippen LogP contribution >= 0.6 is 11.8 Å². The first kappa shape index (κ1) is 14.9. The minimum atomic E-state index is -3.82. The third-order valence-corrected chi connectivity index (χ3v) is 6.15. The predicted octanol–water partition coefficient (Wildman–Crippen LogP) is 2.90. The summed E-state index contributed by atoms with van der Waals surface area (Å²) < 4.78 is 27.0. The van der Waals surface area contributed by atoms with Crippen molar-refractivity contribution in [2.45, 2.75) is 9.79 Å². The van der Waals surface area contributed by atoms with Crippen LogP contribution in [0.15, 0.2) is 58.3 Å². The first-order chi connectivity index (χ1) is 10.5. The van der Waals surface area contributed by atoms with Gasteiger partial charge in [0.25, 0.3) is 15.7 Å². The maximum atomic E-state index is 12.8. The van der Waals surface area contributed by atoms with Crippen molar-refractivity contribution >= 4 is 33.2 Å². The highest BCUT2D eigenvalue weighted by atomic mass is 32.2. The zero-order valence-corrected chi connectivity index (χ0v) is 13.0. The Labute approximate surface area is 132 Å². The maximum Gasteiger partial charge on any atom is 0.270 e. The number of non-ortho nitro benzene ring substituents is 1. The smallest absolute Gasteiger partial charge is 0.264 e. The van der Waals surface area contributed by atoms with Crippen LogP contribution in [0.4, 0.5) is 11.4 Å². The Morgan fingerprint density at radius 1 is 1.14 bits per heavy atom. The molecule has 114 valence electrons. The Bertz CT molecular complexity index is 836. The van der Waals surface area contributed by atoms with Gasteiger partial charge >= 0.3 is 0 Å². The van der Waals surface area contributed by atoms with E-state index < -0.39 is 14.9 Å². The van der Waals surface area contributed by atoms with E-state index in [9.17, 15) is 18.5 Å². The van der Waals surface area contributed by atoms with Crippen LogP contribution in [0.25, 0.3) is 0 Å². The van der Waals surface area contributed by atoms with Crippen LogP contribution in [-0.4, -0.2) is 25.6 Å². The average molecular weight is 336 g/mol. The Hall–Kier alpha value is -2.06. The Morgan fingerprint density at radius 3 is 2.68 bits per heavy atom. The number of hydrogen-bond donors (Lipinski definition) is 0. The van der Waals surface area contributed by atoms with E-state index in [4.69, 9.17) is 0 Å². The number of para-hydroxylation sites is 1. The van der Waals surface area contributed by atoms with E-state index in [1.807, 2.05) is 12.1 Å². The number of nitrogens with zero attached hydrogens (tertiary/aromatic N) is 2. The van der Waals surface area contributed by atoms with Crippen LogP contribution in [-0.2, 0) is 10.0 Å². The number of fused-ring (bicyclic) bond motifs is 1. The third-order valence-electron chi connectivity index (χ3n) is 3.30. The molecule has 1 aliphatic heterocycles. The summed E-state index contributed by atoms with van der Waals surface area (Å²) in [6, 6.07) is 12.4. The van der Waals surface area contributed by atoms with Gasteiger partial charge < -0.3 is 0 Å². The Kier molecular flexibility index (Phi) is 3.79.